The van der Waals surface area contributed by atoms with Gasteiger partial charge in [0.05, 0.1) is 13.7 Å². The molecule has 0 unspecified atom stereocenters. The van der Waals surface area contributed by atoms with E-state index in [1.165, 1.54) is 0 Å². The molecule has 0 aromatic heterocycles. The van der Waals surface area contributed by atoms with Crippen molar-refractivity contribution in [3.8, 4) is 5.75 Å². The predicted octanol–water partition coefficient (Wildman–Crippen LogP) is 1.39. The molecule has 1 rings (SSSR count). The molecule has 0 radical (unpaired) electrons. The molecule has 100 valence electrons. The number of likely N-dealkylation sites (N-methyl/N-ethyl adjacent to an activating group) is 1. The number of carbonyl (C=O) groups excluding carboxylic acids is 1. The topological polar surface area (TPSA) is 64.8 Å². The molecule has 1 aromatic rings. The van der Waals surface area contributed by atoms with Crippen LogP contribution in [0.4, 0.5) is 5.69 Å². The Bertz CT molecular complexity index is 407. The minimum absolute atomic E-state index is 0.0693. The van der Waals surface area contributed by atoms with Crippen molar-refractivity contribution >= 4 is 11.6 Å². The average molecular weight is 252 g/mol. The van der Waals surface area contributed by atoms with Crippen LogP contribution in [0.2, 0.25) is 0 Å². The van der Waals surface area contributed by atoms with Crippen molar-refractivity contribution in [3.05, 3.63) is 23.8 Å². The zero-order chi connectivity index (χ0) is 13.5. The highest BCUT2D eigenvalue weighted by molar-refractivity contribution is 5.95. The first kappa shape index (κ1) is 14.3. The molecule has 0 aliphatic heterocycles. The van der Waals surface area contributed by atoms with E-state index in [1.54, 1.807) is 37.3 Å². The Hall–Kier alpha value is -1.75. The summed E-state index contributed by atoms with van der Waals surface area (Å²) in [5.41, 5.74) is 6.79. The van der Waals surface area contributed by atoms with Gasteiger partial charge in [-0.25, -0.2) is 0 Å². The summed E-state index contributed by atoms with van der Waals surface area (Å²) in [6, 6.07) is 5.02. The summed E-state index contributed by atoms with van der Waals surface area (Å²) in [7, 11) is 3.16. The van der Waals surface area contributed by atoms with Crippen LogP contribution in [0.25, 0.3) is 0 Å². The molecular formula is C13H20N2O3. The molecule has 5 heteroatoms. The van der Waals surface area contributed by atoms with Crippen LogP contribution < -0.4 is 10.5 Å². The van der Waals surface area contributed by atoms with Gasteiger partial charge < -0.3 is 20.1 Å². The molecule has 0 aliphatic carbocycles. The van der Waals surface area contributed by atoms with Crippen molar-refractivity contribution in [2.75, 3.05) is 39.6 Å². The van der Waals surface area contributed by atoms with Crippen LogP contribution in [0.1, 0.15) is 17.3 Å². The number of anilines is 1. The molecule has 0 heterocycles. The second-order valence-corrected chi connectivity index (χ2v) is 3.87. The predicted molar refractivity (Wildman–Crippen MR) is 70.9 cm³/mol. The number of methoxy groups -OCH3 is 2. The lowest BCUT2D eigenvalue weighted by Crippen LogP contribution is -2.33. The van der Waals surface area contributed by atoms with Crippen molar-refractivity contribution in [3.63, 3.8) is 0 Å². The molecule has 0 bridgehead atoms. The standard InChI is InChI=1S/C13H20N2O3/c1-4-15(5-6-17-2)13(16)10-7-11(14)9-12(8-10)18-3/h7-9H,4-6,14H2,1-3H3. The van der Waals surface area contributed by atoms with Gasteiger partial charge in [-0.3, -0.25) is 4.79 Å². The van der Waals surface area contributed by atoms with Gasteiger partial charge in [-0.05, 0) is 19.1 Å². The van der Waals surface area contributed by atoms with Crippen LogP contribution in [0.5, 0.6) is 5.75 Å². The van der Waals surface area contributed by atoms with Gasteiger partial charge in [0, 0.05) is 37.5 Å². The van der Waals surface area contributed by atoms with Crippen molar-refractivity contribution in [2.24, 2.45) is 0 Å². The number of carbonyl (C=O) groups is 1. The number of hydrogen-bond donors (Lipinski definition) is 1. The Morgan fingerprint density at radius 3 is 2.61 bits per heavy atom. The molecule has 0 saturated heterocycles. The number of hydrogen-bond acceptors (Lipinski definition) is 4. The fraction of sp³-hybridized carbons (Fsp3) is 0.462. The Morgan fingerprint density at radius 2 is 2.06 bits per heavy atom. The van der Waals surface area contributed by atoms with Gasteiger partial charge >= 0.3 is 0 Å². The molecule has 1 amide bonds. The highest BCUT2D eigenvalue weighted by Gasteiger charge is 2.15. The number of amides is 1. The van der Waals surface area contributed by atoms with Crippen LogP contribution >= 0.6 is 0 Å². The number of nitrogens with two attached hydrogens (primary N) is 1. The molecule has 0 fully saturated rings. The van der Waals surface area contributed by atoms with Crippen LogP contribution in [0.3, 0.4) is 0 Å². The van der Waals surface area contributed by atoms with Crippen molar-refractivity contribution in [2.45, 2.75) is 6.92 Å². The summed E-state index contributed by atoms with van der Waals surface area (Å²) in [5, 5.41) is 0. The minimum atomic E-state index is -0.0693. The summed E-state index contributed by atoms with van der Waals surface area (Å²) in [5.74, 6) is 0.515. The molecular weight excluding hydrogens is 232 g/mol. The van der Waals surface area contributed by atoms with Crippen LogP contribution in [0, 0.1) is 0 Å². The molecule has 0 spiro atoms. The lowest BCUT2D eigenvalue weighted by molar-refractivity contribution is 0.0706. The maximum Gasteiger partial charge on any atom is 0.254 e. The highest BCUT2D eigenvalue weighted by Crippen LogP contribution is 2.19. The van der Waals surface area contributed by atoms with Gasteiger partial charge in [-0.2, -0.15) is 0 Å². The van der Waals surface area contributed by atoms with Crippen LogP contribution in [-0.4, -0.2) is 44.7 Å². The third-order valence-corrected chi connectivity index (χ3v) is 2.65. The van der Waals surface area contributed by atoms with E-state index in [1.807, 2.05) is 6.92 Å². The van der Waals surface area contributed by atoms with E-state index in [4.69, 9.17) is 15.2 Å². The third-order valence-electron chi connectivity index (χ3n) is 2.65. The first-order valence-corrected chi connectivity index (χ1v) is 5.85. The number of ether oxygens (including phenoxy) is 2. The molecule has 0 atom stereocenters. The monoisotopic (exact) mass is 252 g/mol. The van der Waals surface area contributed by atoms with Crippen molar-refractivity contribution < 1.29 is 14.3 Å². The number of rotatable bonds is 6. The van der Waals surface area contributed by atoms with Gasteiger partial charge in [0.25, 0.3) is 5.91 Å². The first-order valence-electron chi connectivity index (χ1n) is 5.85. The van der Waals surface area contributed by atoms with E-state index >= 15 is 0 Å². The number of nitrogens with zero attached hydrogens (tertiary/aromatic N) is 1. The summed E-state index contributed by atoms with van der Waals surface area (Å²) in [4.78, 5) is 14.0. The molecule has 2 N–H and O–H groups in total. The van der Waals surface area contributed by atoms with Crippen molar-refractivity contribution in [1.82, 2.24) is 4.90 Å². The van der Waals surface area contributed by atoms with E-state index in [9.17, 15) is 4.79 Å². The van der Waals surface area contributed by atoms with E-state index in [0.29, 0.717) is 36.7 Å². The van der Waals surface area contributed by atoms with Crippen molar-refractivity contribution in [1.29, 1.82) is 0 Å². The smallest absolute Gasteiger partial charge is 0.254 e. The van der Waals surface area contributed by atoms with E-state index < -0.39 is 0 Å². The van der Waals surface area contributed by atoms with Crippen LogP contribution in [0.15, 0.2) is 18.2 Å². The normalized spacial score (nSPS) is 10.2. The van der Waals surface area contributed by atoms with E-state index in [-0.39, 0.29) is 5.91 Å². The maximum atomic E-state index is 12.3. The Labute approximate surface area is 107 Å². The molecule has 0 aliphatic rings. The average Bonchev–Trinajstić information content (AvgIpc) is 2.38. The van der Waals surface area contributed by atoms with Gasteiger partial charge in [0.2, 0.25) is 0 Å². The van der Waals surface area contributed by atoms with Gasteiger partial charge in [-0.15, -0.1) is 0 Å². The zero-order valence-corrected chi connectivity index (χ0v) is 11.1. The van der Waals surface area contributed by atoms with E-state index in [2.05, 4.69) is 0 Å². The summed E-state index contributed by atoms with van der Waals surface area (Å²) in [6.07, 6.45) is 0. The minimum Gasteiger partial charge on any atom is -0.497 e. The SMILES string of the molecule is CCN(CCOC)C(=O)c1cc(N)cc(OC)c1. The summed E-state index contributed by atoms with van der Waals surface area (Å²) in [6.45, 7) is 3.62. The highest BCUT2D eigenvalue weighted by atomic mass is 16.5. The zero-order valence-electron chi connectivity index (χ0n) is 11.1. The Balaban J connectivity index is 2.90. The van der Waals surface area contributed by atoms with Gasteiger partial charge in [0.1, 0.15) is 5.75 Å². The largest absolute Gasteiger partial charge is 0.497 e. The molecule has 0 saturated carbocycles. The lowest BCUT2D eigenvalue weighted by Gasteiger charge is -2.20. The summed E-state index contributed by atoms with van der Waals surface area (Å²) < 4.78 is 10.1. The second-order valence-electron chi connectivity index (χ2n) is 3.87. The maximum absolute atomic E-state index is 12.3. The Kier molecular flexibility index (Phi) is 5.45. The van der Waals surface area contributed by atoms with Gasteiger partial charge in [-0.1, -0.05) is 0 Å². The molecule has 5 nitrogen and oxygen atoms in total. The lowest BCUT2D eigenvalue weighted by atomic mass is 10.1. The third kappa shape index (κ3) is 3.63. The van der Waals surface area contributed by atoms with Gasteiger partial charge in [0.15, 0.2) is 0 Å². The molecule has 1 aromatic carbocycles. The molecule has 18 heavy (non-hydrogen) atoms. The second kappa shape index (κ2) is 6.86. The quantitative estimate of drug-likeness (QED) is 0.777. The van der Waals surface area contributed by atoms with E-state index in [0.717, 1.165) is 0 Å². The fourth-order valence-corrected chi connectivity index (χ4v) is 1.65. The fourth-order valence-electron chi connectivity index (χ4n) is 1.65. The summed E-state index contributed by atoms with van der Waals surface area (Å²) >= 11 is 0. The number of nitrogen functional groups attached to an aromatic ring is 1. The number of benzene rings is 1. The van der Waals surface area contributed by atoms with Crippen LogP contribution in [-0.2, 0) is 4.74 Å². The first-order chi connectivity index (χ1) is 8.62. The Morgan fingerprint density at radius 1 is 1.33 bits per heavy atom.